The molecular formula is C35H56NO3+. The van der Waals surface area contributed by atoms with E-state index in [1.54, 1.807) is 6.92 Å². The number of ether oxygens (including phenoxy) is 2. The molecule has 0 spiro atoms. The first-order valence-corrected chi connectivity index (χ1v) is 15.7. The van der Waals surface area contributed by atoms with Crippen molar-refractivity contribution in [3.63, 3.8) is 0 Å². The van der Waals surface area contributed by atoms with Gasteiger partial charge in [-0.15, -0.1) is 0 Å². The summed E-state index contributed by atoms with van der Waals surface area (Å²) in [6.45, 7) is 5.94. The van der Waals surface area contributed by atoms with Crippen LogP contribution in [-0.4, -0.2) is 37.4 Å². The van der Waals surface area contributed by atoms with Crippen molar-refractivity contribution in [2.75, 3.05) is 20.6 Å². The van der Waals surface area contributed by atoms with Crippen molar-refractivity contribution in [3.8, 4) is 5.75 Å². The Bertz CT molecular complexity index is 896. The molecule has 1 unspecified atom stereocenters. The SMILES string of the molecule is CCCCCCCCCCCCCCc1cccc(OC(C)OC(=O)CCC[N+](C)(C)Cc2ccccc2)c1. The molecule has 0 N–H and O–H groups in total. The van der Waals surface area contributed by atoms with E-state index in [2.05, 4.69) is 57.4 Å². The average molecular weight is 539 g/mol. The van der Waals surface area contributed by atoms with Crippen LogP contribution >= 0.6 is 0 Å². The van der Waals surface area contributed by atoms with Crippen LogP contribution in [0, 0.1) is 0 Å². The van der Waals surface area contributed by atoms with E-state index in [0.717, 1.165) is 36.2 Å². The lowest BCUT2D eigenvalue weighted by Gasteiger charge is -2.29. The molecule has 0 aliphatic carbocycles. The maximum atomic E-state index is 12.4. The summed E-state index contributed by atoms with van der Waals surface area (Å²) in [5.74, 6) is 0.572. The summed E-state index contributed by atoms with van der Waals surface area (Å²) < 4.78 is 12.3. The van der Waals surface area contributed by atoms with Gasteiger partial charge >= 0.3 is 5.97 Å². The van der Waals surface area contributed by atoms with Gasteiger partial charge in [-0.25, -0.2) is 0 Å². The van der Waals surface area contributed by atoms with Crippen LogP contribution in [0.1, 0.15) is 115 Å². The summed E-state index contributed by atoms with van der Waals surface area (Å²) in [6, 6.07) is 18.7. The van der Waals surface area contributed by atoms with Crippen molar-refractivity contribution < 1.29 is 18.8 Å². The molecule has 2 aromatic rings. The highest BCUT2D eigenvalue weighted by Gasteiger charge is 2.18. The first kappa shape index (κ1) is 32.9. The second kappa shape index (κ2) is 19.7. The number of hydrogen-bond donors (Lipinski definition) is 0. The van der Waals surface area contributed by atoms with Crippen molar-refractivity contribution in [1.82, 2.24) is 0 Å². The predicted octanol–water partition coefficient (Wildman–Crippen LogP) is 9.26. The molecule has 0 heterocycles. The lowest BCUT2D eigenvalue weighted by molar-refractivity contribution is -0.903. The Morgan fingerprint density at radius 3 is 1.97 bits per heavy atom. The minimum Gasteiger partial charge on any atom is -0.455 e. The summed E-state index contributed by atoms with van der Waals surface area (Å²) >= 11 is 0. The number of benzene rings is 2. The number of hydrogen-bond acceptors (Lipinski definition) is 3. The van der Waals surface area contributed by atoms with Gasteiger partial charge in [0, 0.05) is 18.9 Å². The molecule has 218 valence electrons. The highest BCUT2D eigenvalue weighted by atomic mass is 16.7. The van der Waals surface area contributed by atoms with Gasteiger partial charge in [0.1, 0.15) is 12.3 Å². The third-order valence-electron chi connectivity index (χ3n) is 7.41. The summed E-state index contributed by atoms with van der Waals surface area (Å²) in [6.07, 6.45) is 18.1. The fourth-order valence-corrected chi connectivity index (χ4v) is 5.21. The molecule has 0 amide bonds. The van der Waals surface area contributed by atoms with Crippen molar-refractivity contribution in [1.29, 1.82) is 0 Å². The molecule has 2 aromatic carbocycles. The molecule has 0 radical (unpaired) electrons. The molecule has 4 nitrogen and oxygen atoms in total. The molecule has 0 aliphatic rings. The molecule has 1 atom stereocenters. The Hall–Kier alpha value is -2.33. The second-order valence-corrected chi connectivity index (χ2v) is 11.9. The predicted molar refractivity (Wildman–Crippen MR) is 164 cm³/mol. The average Bonchev–Trinajstić information content (AvgIpc) is 2.89. The van der Waals surface area contributed by atoms with Crippen molar-refractivity contribution in [3.05, 3.63) is 65.7 Å². The monoisotopic (exact) mass is 538 g/mol. The van der Waals surface area contributed by atoms with Crippen LogP contribution in [0.5, 0.6) is 5.75 Å². The lowest BCUT2D eigenvalue weighted by Crippen LogP contribution is -2.39. The minimum absolute atomic E-state index is 0.199. The molecule has 0 saturated heterocycles. The van der Waals surface area contributed by atoms with Crippen LogP contribution in [0.3, 0.4) is 0 Å². The molecule has 0 fully saturated rings. The maximum absolute atomic E-state index is 12.4. The topological polar surface area (TPSA) is 35.5 Å². The molecule has 0 bridgehead atoms. The van der Waals surface area contributed by atoms with E-state index in [0.29, 0.717) is 6.42 Å². The molecular weight excluding hydrogens is 482 g/mol. The molecule has 2 rings (SSSR count). The van der Waals surface area contributed by atoms with Gasteiger partial charge < -0.3 is 14.0 Å². The molecule has 0 aliphatic heterocycles. The van der Waals surface area contributed by atoms with Crippen molar-refractivity contribution in [2.24, 2.45) is 0 Å². The van der Waals surface area contributed by atoms with Crippen LogP contribution in [0.2, 0.25) is 0 Å². The van der Waals surface area contributed by atoms with Crippen LogP contribution in [0.15, 0.2) is 54.6 Å². The Morgan fingerprint density at radius 2 is 1.33 bits per heavy atom. The number of quaternary nitrogens is 1. The number of nitrogens with zero attached hydrogens (tertiary/aromatic N) is 1. The van der Waals surface area contributed by atoms with Crippen LogP contribution in [0.25, 0.3) is 0 Å². The number of aryl methyl sites for hydroxylation is 1. The fourth-order valence-electron chi connectivity index (χ4n) is 5.21. The number of carbonyl (C=O) groups excluding carboxylic acids is 1. The summed E-state index contributed by atoms with van der Waals surface area (Å²) in [4.78, 5) is 12.4. The second-order valence-electron chi connectivity index (χ2n) is 11.9. The molecule has 4 heteroatoms. The molecule has 0 aromatic heterocycles. The molecule has 0 saturated carbocycles. The van der Waals surface area contributed by atoms with E-state index in [1.165, 1.54) is 88.2 Å². The minimum atomic E-state index is -0.591. The van der Waals surface area contributed by atoms with Crippen LogP contribution in [-0.2, 0) is 22.5 Å². The van der Waals surface area contributed by atoms with Gasteiger partial charge in [-0.05, 0) is 30.5 Å². The highest BCUT2D eigenvalue weighted by Crippen LogP contribution is 2.19. The summed E-state index contributed by atoms with van der Waals surface area (Å²) in [7, 11) is 4.41. The van der Waals surface area contributed by atoms with E-state index in [4.69, 9.17) is 9.47 Å². The summed E-state index contributed by atoms with van der Waals surface area (Å²) in [5, 5.41) is 0. The standard InChI is InChI=1S/C35H56NO3/c1-5-6-7-8-9-10-11-12-13-14-15-17-22-32-25-20-26-34(29-32)38-31(2)39-35(37)27-21-28-36(3,4)30-33-23-18-16-19-24-33/h16,18-20,23-26,29,31H,5-15,17,21-22,27-28,30H2,1-4H3/q+1. The number of rotatable bonds is 22. The maximum Gasteiger partial charge on any atom is 0.309 e. The van der Waals surface area contributed by atoms with Gasteiger partial charge in [0.05, 0.1) is 27.1 Å². The third kappa shape index (κ3) is 16.4. The number of unbranched alkanes of at least 4 members (excludes halogenated alkanes) is 11. The van der Waals surface area contributed by atoms with Crippen LogP contribution < -0.4 is 4.74 Å². The zero-order chi connectivity index (χ0) is 28.2. The Labute approximate surface area is 239 Å². The van der Waals surface area contributed by atoms with Crippen molar-refractivity contribution >= 4 is 5.97 Å². The lowest BCUT2D eigenvalue weighted by atomic mass is 10.0. The highest BCUT2D eigenvalue weighted by molar-refractivity contribution is 5.69. The molecule has 39 heavy (non-hydrogen) atoms. The van der Waals surface area contributed by atoms with Gasteiger partial charge in [-0.1, -0.05) is 120 Å². The normalized spacial score (nSPS) is 12.3. The fraction of sp³-hybridized carbons (Fsp3) is 0.629. The van der Waals surface area contributed by atoms with Crippen molar-refractivity contribution in [2.45, 2.75) is 123 Å². The smallest absolute Gasteiger partial charge is 0.309 e. The van der Waals surface area contributed by atoms with E-state index >= 15 is 0 Å². The number of esters is 1. The zero-order valence-corrected chi connectivity index (χ0v) is 25.5. The van der Waals surface area contributed by atoms with E-state index in [1.807, 2.05) is 18.2 Å². The van der Waals surface area contributed by atoms with Crippen LogP contribution in [0.4, 0.5) is 0 Å². The van der Waals surface area contributed by atoms with Gasteiger partial charge in [-0.3, -0.25) is 4.79 Å². The zero-order valence-electron chi connectivity index (χ0n) is 25.5. The van der Waals surface area contributed by atoms with E-state index < -0.39 is 6.29 Å². The Kier molecular flexibility index (Phi) is 16.6. The van der Waals surface area contributed by atoms with E-state index in [9.17, 15) is 4.79 Å². The first-order chi connectivity index (χ1) is 18.9. The largest absolute Gasteiger partial charge is 0.455 e. The van der Waals surface area contributed by atoms with Gasteiger partial charge in [-0.2, -0.15) is 0 Å². The Morgan fingerprint density at radius 1 is 0.744 bits per heavy atom. The quantitative estimate of drug-likeness (QED) is 0.0648. The van der Waals surface area contributed by atoms with Gasteiger partial charge in [0.15, 0.2) is 0 Å². The van der Waals surface area contributed by atoms with Gasteiger partial charge in [0.2, 0.25) is 6.29 Å². The Balaban J connectivity index is 1.55. The third-order valence-corrected chi connectivity index (χ3v) is 7.41. The summed E-state index contributed by atoms with van der Waals surface area (Å²) in [5.41, 5.74) is 2.60. The van der Waals surface area contributed by atoms with E-state index in [-0.39, 0.29) is 5.97 Å². The van der Waals surface area contributed by atoms with Gasteiger partial charge in [0.25, 0.3) is 0 Å². The first-order valence-electron chi connectivity index (χ1n) is 15.7. The number of carbonyl (C=O) groups is 1.